The van der Waals surface area contributed by atoms with Crippen molar-refractivity contribution in [3.05, 3.63) is 30.2 Å². The number of imidazole rings is 1. The van der Waals surface area contributed by atoms with Crippen LogP contribution in [0.4, 0.5) is 0 Å². The van der Waals surface area contributed by atoms with E-state index in [1.807, 2.05) is 35.9 Å². The largest absolute Gasteiger partial charge is 0.489 e. The first kappa shape index (κ1) is 9.70. The summed E-state index contributed by atoms with van der Waals surface area (Å²) in [5, 5.41) is 0. The molecule has 0 atom stereocenters. The second-order valence-corrected chi connectivity index (χ2v) is 4.59. The summed E-state index contributed by atoms with van der Waals surface area (Å²) in [6.45, 7) is 2.84. The van der Waals surface area contributed by atoms with Crippen molar-refractivity contribution < 1.29 is 4.74 Å². The summed E-state index contributed by atoms with van der Waals surface area (Å²) >= 11 is 0. The van der Waals surface area contributed by atoms with Gasteiger partial charge < -0.3 is 9.14 Å². The Hall–Kier alpha value is -1.51. The average molecular weight is 216 g/mol. The lowest BCUT2D eigenvalue weighted by Crippen LogP contribution is -2.19. The van der Waals surface area contributed by atoms with Crippen LogP contribution in [0.15, 0.2) is 24.5 Å². The molecule has 0 aliphatic heterocycles. The van der Waals surface area contributed by atoms with Crippen molar-refractivity contribution in [2.45, 2.75) is 26.2 Å². The zero-order valence-corrected chi connectivity index (χ0v) is 9.52. The van der Waals surface area contributed by atoms with Crippen LogP contribution in [0.5, 0.6) is 5.75 Å². The fourth-order valence-corrected chi connectivity index (χ4v) is 2.09. The number of nitrogens with zero attached hydrogens (tertiary/aromatic N) is 2. The first-order chi connectivity index (χ1) is 7.83. The molecule has 1 fully saturated rings. The van der Waals surface area contributed by atoms with Crippen LogP contribution in [0.3, 0.4) is 0 Å². The predicted molar refractivity (Wildman–Crippen MR) is 62.8 cm³/mol. The maximum Gasteiger partial charge on any atom is 0.179 e. The topological polar surface area (TPSA) is 26.5 Å². The van der Waals surface area contributed by atoms with Gasteiger partial charge in [-0.3, -0.25) is 0 Å². The minimum absolute atomic E-state index is 0.760. The van der Waals surface area contributed by atoms with Crippen molar-refractivity contribution in [2.75, 3.05) is 6.61 Å². The molecule has 84 valence electrons. The van der Waals surface area contributed by atoms with E-state index in [1.54, 1.807) is 0 Å². The second-order valence-electron chi connectivity index (χ2n) is 4.59. The number of ether oxygens (including phenoxy) is 1. The molecule has 3 nitrogen and oxygen atoms in total. The fourth-order valence-electron chi connectivity index (χ4n) is 2.09. The first-order valence-corrected chi connectivity index (χ1v) is 5.90. The van der Waals surface area contributed by atoms with Gasteiger partial charge in [0.1, 0.15) is 0 Å². The van der Waals surface area contributed by atoms with Crippen molar-refractivity contribution in [3.8, 4) is 5.75 Å². The summed E-state index contributed by atoms with van der Waals surface area (Å²) in [5.41, 5.74) is 1.96. The normalized spacial score (nSPS) is 16.3. The van der Waals surface area contributed by atoms with E-state index in [-0.39, 0.29) is 0 Å². The third kappa shape index (κ3) is 1.66. The zero-order chi connectivity index (χ0) is 11.0. The van der Waals surface area contributed by atoms with E-state index in [1.165, 1.54) is 19.3 Å². The van der Waals surface area contributed by atoms with Gasteiger partial charge in [0, 0.05) is 12.4 Å². The number of hydrogen-bond donors (Lipinski definition) is 0. The Morgan fingerprint density at radius 3 is 3.12 bits per heavy atom. The van der Waals surface area contributed by atoms with Gasteiger partial charge in [0.05, 0.1) is 12.3 Å². The average Bonchev–Trinajstić information content (AvgIpc) is 2.56. The number of rotatable bonds is 3. The minimum Gasteiger partial charge on any atom is -0.489 e. The molecule has 0 bridgehead atoms. The molecule has 0 unspecified atom stereocenters. The summed E-state index contributed by atoms with van der Waals surface area (Å²) in [4.78, 5) is 4.47. The van der Waals surface area contributed by atoms with Gasteiger partial charge in [-0.1, -0.05) is 6.42 Å². The highest BCUT2D eigenvalue weighted by atomic mass is 16.5. The molecule has 2 heterocycles. The molecule has 3 heteroatoms. The Morgan fingerprint density at radius 1 is 1.50 bits per heavy atom. The standard InChI is InChI=1S/C13H16N2O/c1-10-8-15-7-3-6-12(13(15)14-10)16-9-11-4-2-5-11/h3,6-8,11H,2,4-5,9H2,1H3. The molecule has 1 saturated carbocycles. The van der Waals surface area contributed by atoms with Crippen LogP contribution >= 0.6 is 0 Å². The van der Waals surface area contributed by atoms with Crippen LogP contribution in [-0.4, -0.2) is 16.0 Å². The monoisotopic (exact) mass is 216 g/mol. The number of aryl methyl sites for hydroxylation is 1. The lowest BCUT2D eigenvalue weighted by molar-refractivity contribution is 0.181. The molecule has 16 heavy (non-hydrogen) atoms. The smallest absolute Gasteiger partial charge is 0.179 e. The second kappa shape index (κ2) is 3.81. The molecule has 0 saturated heterocycles. The van der Waals surface area contributed by atoms with Gasteiger partial charge >= 0.3 is 0 Å². The molecular formula is C13H16N2O. The summed E-state index contributed by atoms with van der Waals surface area (Å²) in [7, 11) is 0. The zero-order valence-electron chi connectivity index (χ0n) is 9.52. The van der Waals surface area contributed by atoms with Gasteiger partial charge in [-0.2, -0.15) is 0 Å². The highest BCUT2D eigenvalue weighted by Crippen LogP contribution is 2.28. The van der Waals surface area contributed by atoms with E-state index in [9.17, 15) is 0 Å². The molecule has 0 aromatic carbocycles. The van der Waals surface area contributed by atoms with Crippen LogP contribution in [0, 0.1) is 12.8 Å². The van der Waals surface area contributed by atoms with Gasteiger partial charge in [-0.05, 0) is 37.8 Å². The summed E-state index contributed by atoms with van der Waals surface area (Å²) < 4.78 is 7.87. The quantitative estimate of drug-likeness (QED) is 0.788. The molecule has 0 radical (unpaired) electrons. The fraction of sp³-hybridized carbons (Fsp3) is 0.462. The van der Waals surface area contributed by atoms with Gasteiger partial charge in [0.15, 0.2) is 11.4 Å². The first-order valence-electron chi connectivity index (χ1n) is 5.90. The summed E-state index contributed by atoms with van der Waals surface area (Å²) in [6, 6.07) is 4.00. The predicted octanol–water partition coefficient (Wildman–Crippen LogP) is 2.82. The van der Waals surface area contributed by atoms with Crippen molar-refractivity contribution in [1.29, 1.82) is 0 Å². The molecule has 0 spiro atoms. The van der Waals surface area contributed by atoms with Crippen LogP contribution in [0.25, 0.3) is 5.65 Å². The van der Waals surface area contributed by atoms with Crippen LogP contribution in [0.2, 0.25) is 0 Å². The Balaban J connectivity index is 1.84. The number of fused-ring (bicyclic) bond motifs is 1. The molecule has 0 amide bonds. The van der Waals surface area contributed by atoms with Crippen molar-refractivity contribution in [2.24, 2.45) is 5.92 Å². The lowest BCUT2D eigenvalue weighted by Gasteiger charge is -2.25. The molecule has 3 rings (SSSR count). The van der Waals surface area contributed by atoms with Crippen LogP contribution in [-0.2, 0) is 0 Å². The maximum atomic E-state index is 5.85. The van der Waals surface area contributed by atoms with E-state index in [2.05, 4.69) is 4.98 Å². The Kier molecular flexibility index (Phi) is 2.31. The van der Waals surface area contributed by atoms with Gasteiger partial charge in [0.2, 0.25) is 0 Å². The van der Waals surface area contributed by atoms with Gasteiger partial charge in [0.25, 0.3) is 0 Å². The molecule has 0 N–H and O–H groups in total. The van der Waals surface area contributed by atoms with Gasteiger partial charge in [-0.15, -0.1) is 0 Å². The van der Waals surface area contributed by atoms with E-state index < -0.39 is 0 Å². The van der Waals surface area contributed by atoms with E-state index in [4.69, 9.17) is 4.74 Å². The highest BCUT2D eigenvalue weighted by molar-refractivity contribution is 5.54. The van der Waals surface area contributed by atoms with E-state index in [0.717, 1.165) is 29.6 Å². The Morgan fingerprint density at radius 2 is 2.38 bits per heavy atom. The SMILES string of the molecule is Cc1cn2cccc(OCC3CCC3)c2n1. The molecule has 2 aromatic heterocycles. The number of aromatic nitrogens is 2. The van der Waals surface area contributed by atoms with Gasteiger partial charge in [-0.25, -0.2) is 4.98 Å². The minimum atomic E-state index is 0.760. The Bertz CT molecular complexity index is 500. The van der Waals surface area contributed by atoms with Crippen LogP contribution < -0.4 is 4.74 Å². The number of hydrogen-bond acceptors (Lipinski definition) is 2. The summed E-state index contributed by atoms with van der Waals surface area (Å²) in [6.07, 6.45) is 8.02. The maximum absolute atomic E-state index is 5.85. The molecular weight excluding hydrogens is 200 g/mol. The summed E-state index contributed by atoms with van der Waals surface area (Å²) in [5.74, 6) is 1.67. The lowest BCUT2D eigenvalue weighted by atomic mass is 9.86. The number of pyridine rings is 1. The highest BCUT2D eigenvalue weighted by Gasteiger charge is 2.18. The van der Waals surface area contributed by atoms with Crippen molar-refractivity contribution in [1.82, 2.24) is 9.38 Å². The molecule has 2 aromatic rings. The van der Waals surface area contributed by atoms with Crippen molar-refractivity contribution in [3.63, 3.8) is 0 Å². The van der Waals surface area contributed by atoms with Crippen LogP contribution in [0.1, 0.15) is 25.0 Å². The molecule has 1 aliphatic rings. The third-order valence-electron chi connectivity index (χ3n) is 3.27. The van der Waals surface area contributed by atoms with Crippen molar-refractivity contribution >= 4 is 5.65 Å². The third-order valence-corrected chi connectivity index (χ3v) is 3.27. The van der Waals surface area contributed by atoms with E-state index >= 15 is 0 Å². The molecule has 1 aliphatic carbocycles. The Labute approximate surface area is 95.1 Å². The van der Waals surface area contributed by atoms with E-state index in [0.29, 0.717) is 0 Å².